The number of allylic oxidation sites excluding steroid dienone is 3. The summed E-state index contributed by atoms with van der Waals surface area (Å²) in [6.07, 6.45) is 11.0. The molecule has 0 spiro atoms. The molecule has 4 heteroatoms. The minimum atomic E-state index is -0.680. The first-order valence-electron chi connectivity index (χ1n) is 11.8. The number of ether oxygens (including phenoxy) is 1. The zero-order valence-electron chi connectivity index (χ0n) is 19.4. The van der Waals surface area contributed by atoms with Crippen molar-refractivity contribution in [3.63, 3.8) is 0 Å². The minimum absolute atomic E-state index is 0.198. The summed E-state index contributed by atoms with van der Waals surface area (Å²) in [5.41, 5.74) is 2.82. The second kappa shape index (κ2) is 9.28. The highest BCUT2D eigenvalue weighted by atomic mass is 16.5. The normalized spacial score (nSPS) is 38.8. The standard InChI is InChI=1S/C26H42O4/c1-17-20(15-21(27)16-24(17)28)9-8-19-7-6-12-26(5)22(10-11-23(19)26)18(2)30-14-13-25(3,4)29/h8-9,18,21-24,27-29H,1,6-7,10-16H2,2-5H3/b19-8+,20-9-/t18-,21+,22?,23-,24-,26+/m0/s1. The third kappa shape index (κ3) is 5.27. The lowest BCUT2D eigenvalue weighted by Gasteiger charge is -2.44. The molecule has 3 N–H and O–H groups in total. The van der Waals surface area contributed by atoms with E-state index in [0.29, 0.717) is 37.7 Å². The lowest BCUT2D eigenvalue weighted by Crippen LogP contribution is -2.39. The molecule has 0 saturated heterocycles. The first-order chi connectivity index (χ1) is 14.0. The van der Waals surface area contributed by atoms with E-state index in [-0.39, 0.29) is 11.5 Å². The molecule has 3 aliphatic rings. The molecule has 6 atom stereocenters. The van der Waals surface area contributed by atoms with Crippen LogP contribution >= 0.6 is 0 Å². The maximum absolute atomic E-state index is 10.1. The number of hydrogen-bond donors (Lipinski definition) is 3. The van der Waals surface area contributed by atoms with E-state index in [2.05, 4.69) is 32.6 Å². The highest BCUT2D eigenvalue weighted by Crippen LogP contribution is 2.58. The molecule has 0 bridgehead atoms. The van der Waals surface area contributed by atoms with Crippen LogP contribution in [-0.2, 0) is 4.74 Å². The van der Waals surface area contributed by atoms with Crippen molar-refractivity contribution in [3.8, 4) is 0 Å². The molecule has 3 aliphatic carbocycles. The molecule has 0 aromatic carbocycles. The van der Waals surface area contributed by atoms with Gasteiger partial charge in [-0.05, 0) is 94.1 Å². The average Bonchev–Trinajstić information content (AvgIpc) is 3.00. The Balaban J connectivity index is 1.70. The van der Waals surface area contributed by atoms with Crippen LogP contribution < -0.4 is 0 Å². The van der Waals surface area contributed by atoms with Gasteiger partial charge in [0.25, 0.3) is 0 Å². The summed E-state index contributed by atoms with van der Waals surface area (Å²) >= 11 is 0. The van der Waals surface area contributed by atoms with Crippen LogP contribution in [0, 0.1) is 17.3 Å². The highest BCUT2D eigenvalue weighted by Gasteiger charge is 2.51. The monoisotopic (exact) mass is 418 g/mol. The average molecular weight is 419 g/mol. The van der Waals surface area contributed by atoms with E-state index < -0.39 is 17.8 Å². The zero-order valence-corrected chi connectivity index (χ0v) is 19.4. The molecule has 1 unspecified atom stereocenters. The minimum Gasteiger partial charge on any atom is -0.393 e. The number of hydrogen-bond acceptors (Lipinski definition) is 4. The second-order valence-electron chi connectivity index (χ2n) is 10.8. The van der Waals surface area contributed by atoms with Crippen molar-refractivity contribution < 1.29 is 20.1 Å². The predicted molar refractivity (Wildman–Crippen MR) is 121 cm³/mol. The van der Waals surface area contributed by atoms with E-state index in [1.807, 2.05) is 13.8 Å². The second-order valence-corrected chi connectivity index (χ2v) is 10.8. The van der Waals surface area contributed by atoms with Gasteiger partial charge in [-0.3, -0.25) is 0 Å². The number of rotatable bonds is 6. The number of aliphatic hydroxyl groups is 3. The molecule has 3 fully saturated rings. The van der Waals surface area contributed by atoms with Crippen LogP contribution in [0.15, 0.2) is 35.5 Å². The largest absolute Gasteiger partial charge is 0.393 e. The van der Waals surface area contributed by atoms with Crippen molar-refractivity contribution in [2.75, 3.05) is 6.61 Å². The van der Waals surface area contributed by atoms with Gasteiger partial charge in [-0.1, -0.05) is 31.2 Å². The lowest BCUT2D eigenvalue weighted by molar-refractivity contribution is -0.0454. The van der Waals surface area contributed by atoms with Crippen molar-refractivity contribution in [1.82, 2.24) is 0 Å². The molecule has 0 aliphatic heterocycles. The fraction of sp³-hybridized carbons (Fsp3) is 0.769. The molecule has 0 radical (unpaired) electrons. The van der Waals surface area contributed by atoms with Gasteiger partial charge in [0, 0.05) is 13.0 Å². The van der Waals surface area contributed by atoms with E-state index in [4.69, 9.17) is 4.74 Å². The van der Waals surface area contributed by atoms with Gasteiger partial charge >= 0.3 is 0 Å². The molecule has 0 amide bonds. The number of fused-ring (bicyclic) bond motifs is 1. The Hall–Kier alpha value is -0.940. The van der Waals surface area contributed by atoms with E-state index in [0.717, 1.165) is 17.6 Å². The van der Waals surface area contributed by atoms with Gasteiger partial charge in [0.2, 0.25) is 0 Å². The summed E-state index contributed by atoms with van der Waals surface area (Å²) in [5, 5.41) is 30.1. The molecule has 30 heavy (non-hydrogen) atoms. The quantitative estimate of drug-likeness (QED) is 0.585. The fourth-order valence-electron chi connectivity index (χ4n) is 6.13. The van der Waals surface area contributed by atoms with Crippen molar-refractivity contribution >= 4 is 0 Å². The van der Waals surface area contributed by atoms with Gasteiger partial charge < -0.3 is 20.1 Å². The molecule has 0 heterocycles. The van der Waals surface area contributed by atoms with Crippen LogP contribution in [0.4, 0.5) is 0 Å². The topological polar surface area (TPSA) is 69.9 Å². The molecular weight excluding hydrogens is 376 g/mol. The maximum atomic E-state index is 10.1. The Kier molecular flexibility index (Phi) is 7.33. The predicted octanol–water partition coefficient (Wildman–Crippen LogP) is 4.69. The van der Waals surface area contributed by atoms with Crippen molar-refractivity contribution in [3.05, 3.63) is 35.5 Å². The maximum Gasteiger partial charge on any atom is 0.0811 e. The summed E-state index contributed by atoms with van der Waals surface area (Å²) in [5.74, 6) is 1.11. The zero-order chi connectivity index (χ0) is 22.1. The Labute approximate surface area is 182 Å². The third-order valence-electron chi connectivity index (χ3n) is 7.96. The molecule has 0 aromatic heterocycles. The Bertz CT molecular complexity index is 686. The molecule has 170 valence electrons. The fourth-order valence-corrected chi connectivity index (χ4v) is 6.13. The molecule has 4 nitrogen and oxygen atoms in total. The van der Waals surface area contributed by atoms with E-state index in [9.17, 15) is 15.3 Å². The molecular formula is C26H42O4. The van der Waals surface area contributed by atoms with Gasteiger partial charge in [-0.25, -0.2) is 0 Å². The number of aliphatic hydroxyl groups excluding tert-OH is 2. The van der Waals surface area contributed by atoms with Crippen LogP contribution in [-0.4, -0.2) is 45.8 Å². The molecule has 3 saturated carbocycles. The van der Waals surface area contributed by atoms with Crippen LogP contribution in [0.25, 0.3) is 0 Å². The highest BCUT2D eigenvalue weighted by molar-refractivity contribution is 5.38. The molecule has 3 rings (SSSR count). The summed E-state index contributed by atoms with van der Waals surface area (Å²) in [6, 6.07) is 0. The van der Waals surface area contributed by atoms with Crippen LogP contribution in [0.1, 0.15) is 79.1 Å². The smallest absolute Gasteiger partial charge is 0.0811 e. The third-order valence-corrected chi connectivity index (χ3v) is 7.96. The Morgan fingerprint density at radius 2 is 2.00 bits per heavy atom. The van der Waals surface area contributed by atoms with E-state index >= 15 is 0 Å². The van der Waals surface area contributed by atoms with Gasteiger partial charge in [0.1, 0.15) is 0 Å². The summed E-state index contributed by atoms with van der Waals surface area (Å²) < 4.78 is 6.19. The first-order valence-corrected chi connectivity index (χ1v) is 11.8. The Morgan fingerprint density at radius 3 is 2.70 bits per heavy atom. The Morgan fingerprint density at radius 1 is 1.27 bits per heavy atom. The van der Waals surface area contributed by atoms with Gasteiger partial charge in [0.15, 0.2) is 0 Å². The van der Waals surface area contributed by atoms with E-state index in [1.54, 1.807) is 0 Å². The summed E-state index contributed by atoms with van der Waals surface area (Å²) in [4.78, 5) is 0. The van der Waals surface area contributed by atoms with Gasteiger partial charge in [0.05, 0.1) is 23.9 Å². The van der Waals surface area contributed by atoms with Gasteiger partial charge in [-0.2, -0.15) is 0 Å². The van der Waals surface area contributed by atoms with Crippen molar-refractivity contribution in [2.24, 2.45) is 17.3 Å². The van der Waals surface area contributed by atoms with Crippen molar-refractivity contribution in [2.45, 2.75) is 103 Å². The lowest BCUT2D eigenvalue weighted by atomic mass is 9.62. The van der Waals surface area contributed by atoms with Crippen molar-refractivity contribution in [1.29, 1.82) is 0 Å². The molecule has 0 aromatic rings. The summed E-state index contributed by atoms with van der Waals surface area (Å²) in [7, 11) is 0. The van der Waals surface area contributed by atoms with Crippen LogP contribution in [0.3, 0.4) is 0 Å². The SMILES string of the molecule is C=C1/C(=C\C=C2/CCC[C@]3(C)C([C@H](C)OCCC(C)(C)O)CC[C@@H]23)C[C@@H](O)C[C@@H]1O. The summed E-state index contributed by atoms with van der Waals surface area (Å²) in [6.45, 7) is 13.0. The first kappa shape index (κ1) is 23.7. The van der Waals surface area contributed by atoms with Gasteiger partial charge in [-0.15, -0.1) is 0 Å². The van der Waals surface area contributed by atoms with E-state index in [1.165, 1.54) is 31.3 Å². The van der Waals surface area contributed by atoms with Crippen LogP contribution in [0.2, 0.25) is 0 Å². The van der Waals surface area contributed by atoms with Crippen LogP contribution in [0.5, 0.6) is 0 Å².